The smallest absolute Gasteiger partial charge is 0.306 e. The number of fused-ring (bicyclic) bond motifs is 1. The minimum Gasteiger partial charge on any atom is -0.490 e. The summed E-state index contributed by atoms with van der Waals surface area (Å²) in [5, 5.41) is 9.59. The predicted octanol–water partition coefficient (Wildman–Crippen LogP) is 5.14. The van der Waals surface area contributed by atoms with Crippen LogP contribution in [-0.2, 0) is 9.53 Å². The number of hydrogen-bond acceptors (Lipinski definition) is 6. The van der Waals surface area contributed by atoms with Gasteiger partial charge in [-0.25, -0.2) is 0 Å². The van der Waals surface area contributed by atoms with Crippen LogP contribution in [0, 0.1) is 5.92 Å². The molecule has 0 aliphatic heterocycles. The standard InChI is InChI=1S/C23H20BrClO7/c1-29-22-19(26)16-3-2-4-17(25)20(16)32-21(22)15-6-5-13(24)11-18(15)31-8-7-30-14-9-12(10-14)23(27)28/h2-6,11-12,14H,7-10H2,1H3,(H,27,28)/t12-,14+. The summed E-state index contributed by atoms with van der Waals surface area (Å²) in [6, 6.07) is 10.3. The molecule has 1 aliphatic carbocycles. The molecule has 0 spiro atoms. The van der Waals surface area contributed by atoms with Crippen molar-refractivity contribution >= 4 is 44.5 Å². The first kappa shape index (κ1) is 22.6. The number of benzene rings is 2. The Morgan fingerprint density at radius 3 is 2.75 bits per heavy atom. The zero-order valence-electron chi connectivity index (χ0n) is 17.1. The fourth-order valence-electron chi connectivity index (χ4n) is 3.60. The summed E-state index contributed by atoms with van der Waals surface area (Å²) in [7, 11) is 1.41. The van der Waals surface area contributed by atoms with Crippen LogP contribution in [-0.4, -0.2) is 37.5 Å². The monoisotopic (exact) mass is 522 g/mol. The lowest BCUT2D eigenvalue weighted by Crippen LogP contribution is -2.37. The fourth-order valence-corrected chi connectivity index (χ4v) is 4.15. The third kappa shape index (κ3) is 4.48. The molecule has 7 nitrogen and oxygen atoms in total. The van der Waals surface area contributed by atoms with E-state index < -0.39 is 5.97 Å². The predicted molar refractivity (Wildman–Crippen MR) is 123 cm³/mol. The van der Waals surface area contributed by atoms with E-state index in [0.29, 0.717) is 41.2 Å². The van der Waals surface area contributed by atoms with E-state index in [1.54, 1.807) is 36.4 Å². The first-order valence-corrected chi connectivity index (χ1v) is 11.1. The van der Waals surface area contributed by atoms with Crippen LogP contribution < -0.4 is 14.9 Å². The molecule has 1 aliphatic rings. The summed E-state index contributed by atoms with van der Waals surface area (Å²) >= 11 is 9.70. The number of rotatable bonds is 8. The molecule has 168 valence electrons. The van der Waals surface area contributed by atoms with E-state index in [9.17, 15) is 9.59 Å². The number of para-hydroxylation sites is 1. The Morgan fingerprint density at radius 1 is 1.25 bits per heavy atom. The van der Waals surface area contributed by atoms with Gasteiger partial charge < -0.3 is 23.7 Å². The average Bonchev–Trinajstić information content (AvgIpc) is 2.72. The zero-order valence-corrected chi connectivity index (χ0v) is 19.4. The summed E-state index contributed by atoms with van der Waals surface area (Å²) in [5.41, 5.74) is 0.463. The lowest BCUT2D eigenvalue weighted by atomic mass is 9.82. The lowest BCUT2D eigenvalue weighted by molar-refractivity contribution is -0.151. The Labute approximate surface area is 197 Å². The molecular formula is C23H20BrClO7. The Bertz CT molecular complexity index is 1220. The van der Waals surface area contributed by atoms with Gasteiger partial charge in [0.1, 0.15) is 12.4 Å². The van der Waals surface area contributed by atoms with E-state index in [4.69, 9.17) is 35.3 Å². The first-order valence-electron chi connectivity index (χ1n) is 9.95. The normalized spacial score (nSPS) is 17.7. The lowest BCUT2D eigenvalue weighted by Gasteiger charge is -2.32. The molecule has 1 fully saturated rings. The summed E-state index contributed by atoms with van der Waals surface area (Å²) in [5.74, 6) is -0.381. The second-order valence-electron chi connectivity index (χ2n) is 7.40. The molecule has 1 aromatic heterocycles. The van der Waals surface area contributed by atoms with Crippen LogP contribution in [0.2, 0.25) is 5.02 Å². The van der Waals surface area contributed by atoms with Gasteiger partial charge in [0.25, 0.3) is 0 Å². The topological polar surface area (TPSA) is 95.2 Å². The van der Waals surface area contributed by atoms with Crippen molar-refractivity contribution in [2.75, 3.05) is 20.3 Å². The van der Waals surface area contributed by atoms with E-state index in [-0.39, 0.29) is 41.2 Å². The molecule has 0 unspecified atom stereocenters. The maximum atomic E-state index is 13.0. The number of methoxy groups -OCH3 is 1. The van der Waals surface area contributed by atoms with Gasteiger partial charge in [-0.3, -0.25) is 9.59 Å². The highest BCUT2D eigenvalue weighted by molar-refractivity contribution is 9.10. The van der Waals surface area contributed by atoms with Crippen LogP contribution in [0.4, 0.5) is 0 Å². The second kappa shape index (κ2) is 9.52. The first-order chi connectivity index (χ1) is 15.4. The third-order valence-corrected chi connectivity index (χ3v) is 6.15. The van der Waals surface area contributed by atoms with Crippen molar-refractivity contribution in [3.63, 3.8) is 0 Å². The molecule has 1 saturated carbocycles. The van der Waals surface area contributed by atoms with Crippen molar-refractivity contribution in [3.05, 3.63) is 56.1 Å². The Kier molecular flexibility index (Phi) is 6.74. The Hall–Kier alpha value is -2.55. The van der Waals surface area contributed by atoms with E-state index in [2.05, 4.69) is 15.9 Å². The number of ether oxygens (including phenoxy) is 3. The van der Waals surface area contributed by atoms with Crippen molar-refractivity contribution in [1.82, 2.24) is 0 Å². The number of carboxylic acids is 1. The molecule has 3 aromatic rings. The maximum Gasteiger partial charge on any atom is 0.306 e. The molecule has 1 heterocycles. The molecule has 4 rings (SSSR count). The second-order valence-corrected chi connectivity index (χ2v) is 8.72. The molecule has 1 N–H and O–H groups in total. The van der Waals surface area contributed by atoms with Crippen LogP contribution in [0.1, 0.15) is 12.8 Å². The van der Waals surface area contributed by atoms with Crippen LogP contribution in [0.15, 0.2) is 50.1 Å². The Morgan fingerprint density at radius 2 is 2.03 bits per heavy atom. The molecule has 2 aromatic carbocycles. The molecule has 32 heavy (non-hydrogen) atoms. The number of aliphatic carboxylic acids is 1. The van der Waals surface area contributed by atoms with Gasteiger partial charge in [-0.05, 0) is 43.2 Å². The fraction of sp³-hybridized carbons (Fsp3) is 0.304. The number of halogens is 2. The van der Waals surface area contributed by atoms with Gasteiger partial charge in [0.2, 0.25) is 11.2 Å². The molecule has 0 atom stereocenters. The molecule has 0 amide bonds. The maximum absolute atomic E-state index is 13.0. The van der Waals surface area contributed by atoms with Crippen LogP contribution >= 0.6 is 27.5 Å². The number of carboxylic acid groups (broad SMARTS) is 1. The zero-order chi connectivity index (χ0) is 22.8. The summed E-state index contributed by atoms with van der Waals surface area (Å²) in [4.78, 5) is 23.9. The quantitative estimate of drug-likeness (QED) is 0.408. The largest absolute Gasteiger partial charge is 0.490 e. The molecule has 0 radical (unpaired) electrons. The molecule has 9 heteroatoms. The van der Waals surface area contributed by atoms with Crippen LogP contribution in [0.3, 0.4) is 0 Å². The number of carbonyl (C=O) groups is 1. The highest BCUT2D eigenvalue weighted by Crippen LogP contribution is 2.39. The summed E-state index contributed by atoms with van der Waals surface area (Å²) in [6.07, 6.45) is 0.956. The van der Waals surface area contributed by atoms with Crippen molar-refractivity contribution in [2.45, 2.75) is 18.9 Å². The van der Waals surface area contributed by atoms with Gasteiger partial charge in [-0.1, -0.05) is 33.6 Å². The minimum absolute atomic E-state index is 0.0531. The molecule has 0 bridgehead atoms. The van der Waals surface area contributed by atoms with Gasteiger partial charge in [0.05, 0.1) is 41.7 Å². The van der Waals surface area contributed by atoms with E-state index in [1.807, 2.05) is 0 Å². The van der Waals surface area contributed by atoms with E-state index in [0.717, 1.165) is 4.47 Å². The van der Waals surface area contributed by atoms with Gasteiger partial charge >= 0.3 is 5.97 Å². The number of hydrogen-bond donors (Lipinski definition) is 1. The summed E-state index contributed by atoms with van der Waals surface area (Å²) < 4.78 is 23.8. The summed E-state index contributed by atoms with van der Waals surface area (Å²) in [6.45, 7) is 0.534. The Balaban J connectivity index is 1.58. The van der Waals surface area contributed by atoms with E-state index >= 15 is 0 Å². The minimum atomic E-state index is -0.786. The van der Waals surface area contributed by atoms with Crippen molar-refractivity contribution < 1.29 is 28.5 Å². The third-order valence-electron chi connectivity index (χ3n) is 5.36. The van der Waals surface area contributed by atoms with Gasteiger partial charge in [-0.15, -0.1) is 0 Å². The van der Waals surface area contributed by atoms with Gasteiger partial charge in [0, 0.05) is 4.47 Å². The average molecular weight is 524 g/mol. The van der Waals surface area contributed by atoms with Crippen molar-refractivity contribution in [3.8, 4) is 22.8 Å². The van der Waals surface area contributed by atoms with Gasteiger partial charge in [-0.2, -0.15) is 0 Å². The van der Waals surface area contributed by atoms with Crippen molar-refractivity contribution in [1.29, 1.82) is 0 Å². The highest BCUT2D eigenvalue weighted by atomic mass is 79.9. The molecular weight excluding hydrogens is 504 g/mol. The highest BCUT2D eigenvalue weighted by Gasteiger charge is 2.35. The van der Waals surface area contributed by atoms with Crippen molar-refractivity contribution in [2.24, 2.45) is 5.92 Å². The van der Waals surface area contributed by atoms with E-state index in [1.165, 1.54) is 7.11 Å². The van der Waals surface area contributed by atoms with Crippen LogP contribution in [0.25, 0.3) is 22.3 Å². The van der Waals surface area contributed by atoms with Crippen LogP contribution in [0.5, 0.6) is 11.5 Å². The molecule has 0 saturated heterocycles. The van der Waals surface area contributed by atoms with Gasteiger partial charge in [0.15, 0.2) is 11.3 Å². The SMILES string of the molecule is COc1c(-c2ccc(Br)cc2OCCO[C@H]2C[C@@H](C(=O)O)C2)oc2c(Cl)cccc2c1=O.